The van der Waals surface area contributed by atoms with Gasteiger partial charge in [0, 0.05) is 18.7 Å². The van der Waals surface area contributed by atoms with Crippen LogP contribution in [0.2, 0.25) is 0 Å². The van der Waals surface area contributed by atoms with Gasteiger partial charge in [-0.1, -0.05) is 48.0 Å². The van der Waals surface area contributed by atoms with Crippen molar-refractivity contribution < 1.29 is 4.79 Å². The molecule has 26 heavy (non-hydrogen) atoms. The number of nitrogens with zero attached hydrogens (tertiary/aromatic N) is 2. The Bertz CT molecular complexity index is 705. The van der Waals surface area contributed by atoms with Crippen LogP contribution >= 0.6 is 0 Å². The van der Waals surface area contributed by atoms with Gasteiger partial charge in [-0.05, 0) is 69.9 Å². The molecule has 3 nitrogen and oxygen atoms in total. The van der Waals surface area contributed by atoms with Gasteiger partial charge in [-0.25, -0.2) is 0 Å². The second-order valence-electron chi connectivity index (χ2n) is 7.60. The van der Waals surface area contributed by atoms with Crippen molar-refractivity contribution in [3.05, 3.63) is 71.3 Å². The number of hydrogen-bond acceptors (Lipinski definition) is 2. The van der Waals surface area contributed by atoms with Gasteiger partial charge < -0.3 is 9.80 Å². The van der Waals surface area contributed by atoms with Crippen LogP contribution < -0.4 is 0 Å². The highest BCUT2D eigenvalue weighted by atomic mass is 16.2. The van der Waals surface area contributed by atoms with Gasteiger partial charge in [-0.3, -0.25) is 4.79 Å². The second-order valence-corrected chi connectivity index (χ2v) is 7.60. The molecule has 0 saturated carbocycles. The van der Waals surface area contributed by atoms with Crippen molar-refractivity contribution in [2.45, 2.75) is 26.2 Å². The van der Waals surface area contributed by atoms with Crippen LogP contribution in [0.3, 0.4) is 0 Å². The molecule has 0 radical (unpaired) electrons. The molecule has 1 fully saturated rings. The zero-order valence-corrected chi connectivity index (χ0v) is 16.0. The lowest BCUT2D eigenvalue weighted by Crippen LogP contribution is -2.40. The molecular formula is C23H30N2O. The van der Waals surface area contributed by atoms with E-state index in [1.54, 1.807) is 0 Å². The summed E-state index contributed by atoms with van der Waals surface area (Å²) in [6, 6.07) is 18.4. The third-order valence-electron chi connectivity index (χ3n) is 5.38. The molecule has 1 aliphatic heterocycles. The van der Waals surface area contributed by atoms with Crippen molar-refractivity contribution in [3.63, 3.8) is 0 Å². The number of benzene rings is 2. The lowest BCUT2D eigenvalue weighted by Gasteiger charge is -2.33. The Kier molecular flexibility index (Phi) is 6.45. The number of aryl methyl sites for hydroxylation is 1. The fourth-order valence-electron chi connectivity index (χ4n) is 3.70. The molecule has 1 amide bonds. The van der Waals surface area contributed by atoms with Gasteiger partial charge in [0.2, 0.25) is 0 Å². The second kappa shape index (κ2) is 9.00. The number of hydrogen-bond donors (Lipinski definition) is 0. The highest BCUT2D eigenvalue weighted by Gasteiger charge is 2.23. The Labute approximate surface area is 157 Å². The predicted octanol–water partition coefficient (Wildman–Crippen LogP) is 4.02. The molecule has 0 aliphatic carbocycles. The molecule has 2 aromatic rings. The fraction of sp³-hybridized carbons (Fsp3) is 0.435. The first-order valence-electron chi connectivity index (χ1n) is 9.70. The van der Waals surface area contributed by atoms with Gasteiger partial charge in [0.15, 0.2) is 0 Å². The first kappa shape index (κ1) is 18.7. The molecule has 0 N–H and O–H groups in total. The zero-order valence-electron chi connectivity index (χ0n) is 16.0. The fourth-order valence-corrected chi connectivity index (χ4v) is 3.70. The summed E-state index contributed by atoms with van der Waals surface area (Å²) < 4.78 is 0. The molecule has 0 unspecified atom stereocenters. The summed E-state index contributed by atoms with van der Waals surface area (Å²) in [5, 5.41) is 0. The van der Waals surface area contributed by atoms with Crippen LogP contribution in [-0.4, -0.2) is 48.9 Å². The van der Waals surface area contributed by atoms with Crippen molar-refractivity contribution >= 4 is 5.91 Å². The molecule has 0 spiro atoms. The van der Waals surface area contributed by atoms with Gasteiger partial charge in [-0.15, -0.1) is 0 Å². The number of piperidine rings is 1. The topological polar surface area (TPSA) is 23.6 Å². The quantitative estimate of drug-likeness (QED) is 0.785. The monoisotopic (exact) mass is 350 g/mol. The van der Waals surface area contributed by atoms with E-state index in [0.717, 1.165) is 43.7 Å². The van der Waals surface area contributed by atoms with Gasteiger partial charge in [0.05, 0.1) is 0 Å². The van der Waals surface area contributed by atoms with E-state index in [9.17, 15) is 4.79 Å². The Morgan fingerprint density at radius 3 is 2.50 bits per heavy atom. The number of likely N-dealkylation sites (tertiary alicyclic amines) is 1. The summed E-state index contributed by atoms with van der Waals surface area (Å²) in [6.45, 7) is 5.96. The standard InChI is InChI=1S/C23H30N2O/c1-19-7-6-10-22(17-19)23(26)25(16-13-20-8-4-3-5-9-20)18-21-11-14-24(2)15-12-21/h3-10,17,21H,11-16,18H2,1-2H3. The van der Waals surface area contributed by atoms with E-state index < -0.39 is 0 Å². The summed E-state index contributed by atoms with van der Waals surface area (Å²) >= 11 is 0. The van der Waals surface area contributed by atoms with E-state index in [1.807, 2.05) is 37.3 Å². The minimum Gasteiger partial charge on any atom is -0.338 e. The molecule has 1 heterocycles. The van der Waals surface area contributed by atoms with Crippen LogP contribution in [0.15, 0.2) is 54.6 Å². The van der Waals surface area contributed by atoms with Crippen LogP contribution in [0.1, 0.15) is 34.3 Å². The van der Waals surface area contributed by atoms with Crippen molar-refractivity contribution in [2.24, 2.45) is 5.92 Å². The van der Waals surface area contributed by atoms with Crippen LogP contribution in [-0.2, 0) is 6.42 Å². The molecule has 0 atom stereocenters. The number of rotatable bonds is 6. The molecule has 0 aromatic heterocycles. The van der Waals surface area contributed by atoms with E-state index in [2.05, 4.69) is 41.1 Å². The first-order valence-corrected chi connectivity index (χ1v) is 9.70. The predicted molar refractivity (Wildman–Crippen MR) is 107 cm³/mol. The molecular weight excluding hydrogens is 320 g/mol. The lowest BCUT2D eigenvalue weighted by molar-refractivity contribution is 0.0700. The number of amides is 1. The van der Waals surface area contributed by atoms with Crippen molar-refractivity contribution in [2.75, 3.05) is 33.2 Å². The van der Waals surface area contributed by atoms with Gasteiger partial charge in [0.1, 0.15) is 0 Å². The smallest absolute Gasteiger partial charge is 0.253 e. The summed E-state index contributed by atoms with van der Waals surface area (Å²) in [5.74, 6) is 0.777. The maximum absolute atomic E-state index is 13.2. The Balaban J connectivity index is 1.70. The van der Waals surface area contributed by atoms with Crippen molar-refractivity contribution in [1.82, 2.24) is 9.80 Å². The number of carbonyl (C=O) groups excluding carboxylic acids is 1. The first-order chi connectivity index (χ1) is 12.6. The van der Waals surface area contributed by atoms with E-state index in [0.29, 0.717) is 5.92 Å². The summed E-state index contributed by atoms with van der Waals surface area (Å²) in [6.07, 6.45) is 3.27. The highest BCUT2D eigenvalue weighted by Crippen LogP contribution is 2.19. The molecule has 0 bridgehead atoms. The third kappa shape index (κ3) is 5.18. The molecule has 3 rings (SSSR count). The molecule has 2 aromatic carbocycles. The zero-order chi connectivity index (χ0) is 18.4. The lowest BCUT2D eigenvalue weighted by atomic mass is 9.96. The average Bonchev–Trinajstić information content (AvgIpc) is 2.67. The minimum atomic E-state index is 0.170. The van der Waals surface area contributed by atoms with Gasteiger partial charge in [0.25, 0.3) is 5.91 Å². The van der Waals surface area contributed by atoms with E-state index in [4.69, 9.17) is 0 Å². The Morgan fingerprint density at radius 2 is 1.81 bits per heavy atom. The highest BCUT2D eigenvalue weighted by molar-refractivity contribution is 5.94. The van der Waals surface area contributed by atoms with E-state index >= 15 is 0 Å². The molecule has 1 saturated heterocycles. The summed E-state index contributed by atoms with van der Waals surface area (Å²) in [5.41, 5.74) is 3.24. The van der Waals surface area contributed by atoms with Crippen LogP contribution in [0.25, 0.3) is 0 Å². The molecule has 138 valence electrons. The van der Waals surface area contributed by atoms with Crippen LogP contribution in [0.5, 0.6) is 0 Å². The normalized spacial score (nSPS) is 15.8. The molecule has 1 aliphatic rings. The van der Waals surface area contributed by atoms with E-state index in [1.165, 1.54) is 18.4 Å². The maximum Gasteiger partial charge on any atom is 0.253 e. The Hall–Kier alpha value is -2.13. The van der Waals surface area contributed by atoms with Crippen LogP contribution in [0.4, 0.5) is 0 Å². The van der Waals surface area contributed by atoms with Gasteiger partial charge >= 0.3 is 0 Å². The minimum absolute atomic E-state index is 0.170. The van der Waals surface area contributed by atoms with Crippen molar-refractivity contribution in [1.29, 1.82) is 0 Å². The summed E-state index contributed by atoms with van der Waals surface area (Å²) in [7, 11) is 2.18. The summed E-state index contributed by atoms with van der Waals surface area (Å²) in [4.78, 5) is 17.6. The van der Waals surface area contributed by atoms with Gasteiger partial charge in [-0.2, -0.15) is 0 Å². The Morgan fingerprint density at radius 1 is 1.08 bits per heavy atom. The average molecular weight is 351 g/mol. The van der Waals surface area contributed by atoms with E-state index in [-0.39, 0.29) is 5.91 Å². The number of carbonyl (C=O) groups is 1. The van der Waals surface area contributed by atoms with Crippen molar-refractivity contribution in [3.8, 4) is 0 Å². The molecule has 3 heteroatoms. The largest absolute Gasteiger partial charge is 0.338 e. The third-order valence-corrected chi connectivity index (χ3v) is 5.38. The van der Waals surface area contributed by atoms with Crippen LogP contribution in [0, 0.1) is 12.8 Å². The SMILES string of the molecule is Cc1cccc(C(=O)N(CCc2ccccc2)CC2CCN(C)CC2)c1. The maximum atomic E-state index is 13.2.